The van der Waals surface area contributed by atoms with Crippen LogP contribution in [0.5, 0.6) is 0 Å². The van der Waals surface area contributed by atoms with E-state index in [1.54, 1.807) is 0 Å². The molecular formula is C20H29Cl2N5O. The lowest BCUT2D eigenvalue weighted by molar-refractivity contribution is -0.120. The molecule has 3 heterocycles. The summed E-state index contributed by atoms with van der Waals surface area (Å²) in [7, 11) is 0. The van der Waals surface area contributed by atoms with Gasteiger partial charge in [0.25, 0.3) is 0 Å². The van der Waals surface area contributed by atoms with Crippen LogP contribution in [-0.2, 0) is 17.8 Å². The number of nitrogens with zero attached hydrogens (tertiary/aromatic N) is 3. The molecule has 0 atom stereocenters. The Kier molecular flexibility index (Phi) is 8.28. The highest BCUT2D eigenvalue weighted by molar-refractivity contribution is 5.94. The van der Waals surface area contributed by atoms with Crippen LogP contribution in [0, 0.1) is 12.8 Å². The second kappa shape index (κ2) is 10.2. The van der Waals surface area contributed by atoms with Crippen molar-refractivity contribution < 1.29 is 4.79 Å². The monoisotopic (exact) mass is 425 g/mol. The Morgan fingerprint density at radius 3 is 2.71 bits per heavy atom. The molecule has 0 saturated carbocycles. The topological polar surface area (TPSA) is 71.8 Å². The van der Waals surface area contributed by atoms with Crippen molar-refractivity contribution in [2.24, 2.45) is 5.92 Å². The molecule has 0 radical (unpaired) electrons. The average Bonchev–Trinajstić information content (AvgIpc) is 2.92. The first-order valence-corrected chi connectivity index (χ1v) is 9.77. The Balaban J connectivity index is 0.00000140. The number of fused-ring (bicyclic) bond motifs is 1. The molecular weight excluding hydrogens is 397 g/mol. The molecule has 0 spiro atoms. The van der Waals surface area contributed by atoms with Crippen LogP contribution >= 0.6 is 24.8 Å². The third kappa shape index (κ3) is 4.85. The zero-order chi connectivity index (χ0) is 17.9. The highest BCUT2D eigenvalue weighted by atomic mass is 35.5. The maximum atomic E-state index is 12.6. The van der Waals surface area contributed by atoms with Crippen LogP contribution in [0.4, 0.5) is 5.69 Å². The molecule has 2 aliphatic heterocycles. The minimum Gasteiger partial charge on any atom is -0.326 e. The van der Waals surface area contributed by atoms with E-state index in [1.807, 2.05) is 6.92 Å². The molecule has 0 unspecified atom stereocenters. The maximum absolute atomic E-state index is 12.6. The van der Waals surface area contributed by atoms with E-state index in [2.05, 4.69) is 43.6 Å². The Labute approximate surface area is 178 Å². The summed E-state index contributed by atoms with van der Waals surface area (Å²) in [5.41, 5.74) is 2.99. The number of aromatic nitrogens is 3. The van der Waals surface area contributed by atoms with Gasteiger partial charge in [-0.05, 0) is 57.3 Å². The van der Waals surface area contributed by atoms with Gasteiger partial charge in [-0.2, -0.15) is 0 Å². The Bertz CT molecular complexity index is 802. The number of carbonyl (C=O) groups is 1. The molecule has 8 heteroatoms. The normalized spacial score (nSPS) is 16.9. The van der Waals surface area contributed by atoms with Crippen molar-refractivity contribution in [2.45, 2.75) is 52.0 Å². The zero-order valence-corrected chi connectivity index (χ0v) is 17.9. The first-order valence-electron chi connectivity index (χ1n) is 9.77. The van der Waals surface area contributed by atoms with E-state index in [9.17, 15) is 4.79 Å². The lowest BCUT2D eigenvalue weighted by Gasteiger charge is -2.22. The lowest BCUT2D eigenvalue weighted by atomic mass is 9.97. The van der Waals surface area contributed by atoms with Crippen molar-refractivity contribution in [3.63, 3.8) is 0 Å². The second-order valence-corrected chi connectivity index (χ2v) is 7.45. The summed E-state index contributed by atoms with van der Waals surface area (Å²) in [5.74, 6) is 2.23. The van der Waals surface area contributed by atoms with E-state index < -0.39 is 0 Å². The summed E-state index contributed by atoms with van der Waals surface area (Å²) in [6.45, 7) is 4.85. The number of piperidine rings is 1. The predicted octanol–water partition coefficient (Wildman–Crippen LogP) is 3.76. The highest BCUT2D eigenvalue weighted by Gasteiger charge is 2.22. The minimum absolute atomic E-state index is 0. The largest absolute Gasteiger partial charge is 0.326 e. The van der Waals surface area contributed by atoms with Crippen molar-refractivity contribution >= 4 is 36.4 Å². The van der Waals surface area contributed by atoms with Gasteiger partial charge in [-0.15, -0.1) is 35.0 Å². The summed E-state index contributed by atoms with van der Waals surface area (Å²) in [4.78, 5) is 12.6. The molecule has 2 aromatic rings. The van der Waals surface area contributed by atoms with Crippen LogP contribution in [0.1, 0.15) is 43.5 Å². The zero-order valence-electron chi connectivity index (χ0n) is 16.2. The number of rotatable bonds is 3. The van der Waals surface area contributed by atoms with Crippen molar-refractivity contribution in [3.05, 3.63) is 29.6 Å². The number of carbonyl (C=O) groups excluding carboxylic acids is 1. The molecule has 1 aromatic heterocycles. The number of aryl methyl sites for hydroxylation is 2. The van der Waals surface area contributed by atoms with Gasteiger partial charge >= 0.3 is 0 Å². The molecule has 0 aliphatic carbocycles. The van der Waals surface area contributed by atoms with Gasteiger partial charge in [0.15, 0.2) is 5.82 Å². The number of hydrogen-bond donors (Lipinski definition) is 2. The van der Waals surface area contributed by atoms with Gasteiger partial charge in [0.05, 0.1) is 0 Å². The fraction of sp³-hybridized carbons (Fsp3) is 0.550. The second-order valence-electron chi connectivity index (χ2n) is 7.45. The van der Waals surface area contributed by atoms with E-state index in [-0.39, 0.29) is 36.6 Å². The van der Waals surface area contributed by atoms with Gasteiger partial charge in [0.2, 0.25) is 5.91 Å². The van der Waals surface area contributed by atoms with Crippen molar-refractivity contribution in [2.75, 3.05) is 18.4 Å². The lowest BCUT2D eigenvalue weighted by Crippen LogP contribution is -2.34. The molecule has 0 bridgehead atoms. The van der Waals surface area contributed by atoms with Gasteiger partial charge in [-0.1, -0.05) is 18.6 Å². The molecule has 1 saturated heterocycles. The Hall–Kier alpha value is -1.63. The van der Waals surface area contributed by atoms with E-state index >= 15 is 0 Å². The molecule has 1 aromatic carbocycles. The first kappa shape index (κ1) is 22.7. The van der Waals surface area contributed by atoms with E-state index in [1.165, 1.54) is 19.3 Å². The molecule has 2 N–H and O–H groups in total. The third-order valence-electron chi connectivity index (χ3n) is 5.57. The van der Waals surface area contributed by atoms with Crippen molar-refractivity contribution in [3.8, 4) is 11.4 Å². The highest BCUT2D eigenvalue weighted by Crippen LogP contribution is 2.27. The number of amides is 1. The van der Waals surface area contributed by atoms with Crippen LogP contribution in [0.25, 0.3) is 11.4 Å². The van der Waals surface area contributed by atoms with E-state index in [0.717, 1.165) is 67.4 Å². The molecule has 6 nitrogen and oxygen atoms in total. The first-order chi connectivity index (χ1) is 12.7. The molecule has 28 heavy (non-hydrogen) atoms. The molecule has 2 aliphatic rings. The van der Waals surface area contributed by atoms with Crippen LogP contribution in [-0.4, -0.2) is 33.8 Å². The van der Waals surface area contributed by atoms with E-state index in [4.69, 9.17) is 0 Å². The van der Waals surface area contributed by atoms with Crippen molar-refractivity contribution in [1.29, 1.82) is 0 Å². The molecule has 1 amide bonds. The van der Waals surface area contributed by atoms with Gasteiger partial charge in [-0.25, -0.2) is 0 Å². The van der Waals surface area contributed by atoms with Gasteiger partial charge in [-0.3, -0.25) is 4.79 Å². The number of anilines is 1. The van der Waals surface area contributed by atoms with Crippen LogP contribution in [0.2, 0.25) is 0 Å². The van der Waals surface area contributed by atoms with Gasteiger partial charge in [0, 0.05) is 30.1 Å². The fourth-order valence-electron chi connectivity index (χ4n) is 3.91. The standard InChI is InChI=1S/C20H27N5O.2ClH/c1-14-6-7-16(19-24-23-18-5-3-2-4-12-25(18)19)13-17(14)22-20(26)15-8-10-21-11-9-15;;/h6-7,13,15,21H,2-5,8-12H2,1H3,(H,22,26);2*1H. The number of nitrogens with one attached hydrogen (secondary N) is 2. The molecule has 4 rings (SSSR count). The SMILES string of the molecule is Cc1ccc(-c2nnc3n2CCCCC3)cc1NC(=O)C1CCNCC1.Cl.Cl. The summed E-state index contributed by atoms with van der Waals surface area (Å²) in [5, 5.41) is 15.3. The van der Waals surface area contributed by atoms with Crippen LogP contribution in [0.3, 0.4) is 0 Å². The number of benzene rings is 1. The smallest absolute Gasteiger partial charge is 0.227 e. The predicted molar refractivity (Wildman–Crippen MR) is 116 cm³/mol. The fourth-order valence-corrected chi connectivity index (χ4v) is 3.91. The van der Waals surface area contributed by atoms with E-state index in [0.29, 0.717) is 0 Å². The number of hydrogen-bond acceptors (Lipinski definition) is 4. The quantitative estimate of drug-likeness (QED) is 0.784. The summed E-state index contributed by atoms with van der Waals surface area (Å²) in [6.07, 6.45) is 6.41. The molecule has 154 valence electrons. The van der Waals surface area contributed by atoms with Gasteiger partial charge in [0.1, 0.15) is 5.82 Å². The number of halogens is 2. The summed E-state index contributed by atoms with van der Waals surface area (Å²) in [6, 6.07) is 6.19. The third-order valence-corrected chi connectivity index (χ3v) is 5.57. The summed E-state index contributed by atoms with van der Waals surface area (Å²) < 4.78 is 2.25. The average molecular weight is 426 g/mol. The van der Waals surface area contributed by atoms with Crippen LogP contribution < -0.4 is 10.6 Å². The Morgan fingerprint density at radius 2 is 1.93 bits per heavy atom. The molecule has 1 fully saturated rings. The Morgan fingerprint density at radius 1 is 1.14 bits per heavy atom. The maximum Gasteiger partial charge on any atom is 0.227 e. The summed E-state index contributed by atoms with van der Waals surface area (Å²) >= 11 is 0. The minimum atomic E-state index is 0. The van der Waals surface area contributed by atoms with Crippen LogP contribution in [0.15, 0.2) is 18.2 Å². The van der Waals surface area contributed by atoms with Crippen molar-refractivity contribution in [1.82, 2.24) is 20.1 Å². The van der Waals surface area contributed by atoms with Gasteiger partial charge < -0.3 is 15.2 Å².